The highest BCUT2D eigenvalue weighted by atomic mass is 19.1. The lowest BCUT2D eigenvalue weighted by molar-refractivity contribution is -0.123. The minimum atomic E-state index is -0.999. The summed E-state index contributed by atoms with van der Waals surface area (Å²) in [6.45, 7) is 7.97. The molecule has 2 unspecified atom stereocenters. The molecule has 1 aromatic rings. The Morgan fingerprint density at radius 2 is 2.08 bits per heavy atom. The first-order chi connectivity index (χ1) is 11.5. The van der Waals surface area contributed by atoms with Crippen molar-refractivity contribution in [3.05, 3.63) is 35.6 Å². The van der Waals surface area contributed by atoms with Crippen LogP contribution in [-0.4, -0.2) is 54.8 Å². The van der Waals surface area contributed by atoms with E-state index in [1.165, 1.54) is 18.2 Å². The summed E-state index contributed by atoms with van der Waals surface area (Å²) in [6, 6.07) is 5.95. The summed E-state index contributed by atoms with van der Waals surface area (Å²) in [5.41, 5.74) is 0.415. The average Bonchev–Trinajstić information content (AvgIpc) is 2.55. The van der Waals surface area contributed by atoms with Crippen LogP contribution in [0.25, 0.3) is 0 Å². The van der Waals surface area contributed by atoms with Crippen LogP contribution >= 0.6 is 0 Å². The number of benzene rings is 1. The van der Waals surface area contributed by atoms with Crippen LogP contribution in [0.4, 0.5) is 4.39 Å². The van der Waals surface area contributed by atoms with Gasteiger partial charge < -0.3 is 15.2 Å². The number of nitrogens with one attached hydrogen (secondary N) is 1. The van der Waals surface area contributed by atoms with E-state index in [1.807, 2.05) is 0 Å². The van der Waals surface area contributed by atoms with Crippen LogP contribution in [-0.2, 0) is 9.53 Å². The Morgan fingerprint density at radius 1 is 1.38 bits per heavy atom. The monoisotopic (exact) mass is 338 g/mol. The molecular formula is C18H27FN2O3. The van der Waals surface area contributed by atoms with Crippen LogP contribution in [0.5, 0.6) is 0 Å². The molecule has 0 radical (unpaired) electrons. The number of hydrogen-bond acceptors (Lipinski definition) is 4. The quantitative estimate of drug-likeness (QED) is 0.795. The fraction of sp³-hybridized carbons (Fsp3) is 0.611. The van der Waals surface area contributed by atoms with Crippen molar-refractivity contribution in [2.75, 3.05) is 32.8 Å². The van der Waals surface area contributed by atoms with Gasteiger partial charge in [-0.25, -0.2) is 4.39 Å². The largest absolute Gasteiger partial charge is 0.388 e. The van der Waals surface area contributed by atoms with E-state index in [9.17, 15) is 14.3 Å². The first kappa shape index (κ1) is 18.8. The Hall–Kier alpha value is -1.50. The van der Waals surface area contributed by atoms with E-state index in [4.69, 9.17) is 4.74 Å². The lowest BCUT2D eigenvalue weighted by atomic mass is 10.0. The molecule has 24 heavy (non-hydrogen) atoms. The first-order valence-electron chi connectivity index (χ1n) is 8.49. The number of aliphatic hydroxyl groups is 1. The molecule has 134 valence electrons. The molecule has 0 aromatic heterocycles. The van der Waals surface area contributed by atoms with Gasteiger partial charge in [0.25, 0.3) is 0 Å². The second kappa shape index (κ2) is 9.11. The molecule has 1 aliphatic heterocycles. The number of carbonyl (C=O) groups excluding carboxylic acids is 1. The van der Waals surface area contributed by atoms with Crippen LogP contribution in [0, 0.1) is 11.7 Å². The van der Waals surface area contributed by atoms with Crippen LogP contribution < -0.4 is 5.32 Å². The third-order valence-corrected chi connectivity index (χ3v) is 4.40. The lowest BCUT2D eigenvalue weighted by Crippen LogP contribution is -2.51. The van der Waals surface area contributed by atoms with Gasteiger partial charge in [-0.3, -0.25) is 9.69 Å². The number of nitrogens with zero attached hydrogens (tertiary/aromatic N) is 1. The summed E-state index contributed by atoms with van der Waals surface area (Å²) >= 11 is 0. The van der Waals surface area contributed by atoms with Gasteiger partial charge in [0.15, 0.2) is 0 Å². The van der Waals surface area contributed by atoms with Crippen molar-refractivity contribution >= 4 is 5.91 Å². The third kappa shape index (κ3) is 5.54. The minimum absolute atomic E-state index is 0.0720. The molecular weight excluding hydrogens is 311 g/mol. The number of carbonyl (C=O) groups is 1. The summed E-state index contributed by atoms with van der Waals surface area (Å²) in [5.74, 6) is -0.249. The molecule has 0 saturated carbocycles. The molecule has 5 nitrogen and oxygen atoms in total. The number of hydrogen-bond donors (Lipinski definition) is 2. The topological polar surface area (TPSA) is 61.8 Å². The number of halogens is 1. The molecule has 1 aliphatic rings. The Bertz CT molecular complexity index is 533. The van der Waals surface area contributed by atoms with E-state index < -0.39 is 11.9 Å². The molecule has 0 spiro atoms. The fourth-order valence-corrected chi connectivity index (χ4v) is 2.99. The van der Waals surface area contributed by atoms with Gasteiger partial charge in [-0.2, -0.15) is 0 Å². The Kier molecular flexibility index (Phi) is 7.15. The maximum absolute atomic E-state index is 13.2. The molecule has 1 saturated heterocycles. The molecule has 1 fully saturated rings. The smallest absolute Gasteiger partial charge is 0.223 e. The van der Waals surface area contributed by atoms with Crippen LogP contribution in [0.15, 0.2) is 24.3 Å². The van der Waals surface area contributed by atoms with Crippen LogP contribution in [0.1, 0.15) is 31.9 Å². The third-order valence-electron chi connectivity index (χ3n) is 4.40. The molecule has 1 heterocycles. The van der Waals surface area contributed by atoms with Gasteiger partial charge in [0.05, 0.1) is 25.7 Å². The second-order valence-corrected chi connectivity index (χ2v) is 6.54. The minimum Gasteiger partial charge on any atom is -0.388 e. The van der Waals surface area contributed by atoms with Crippen molar-refractivity contribution in [2.45, 2.75) is 32.4 Å². The van der Waals surface area contributed by atoms with Crippen molar-refractivity contribution in [1.29, 1.82) is 0 Å². The van der Waals surface area contributed by atoms with E-state index in [2.05, 4.69) is 24.1 Å². The van der Waals surface area contributed by atoms with Crippen molar-refractivity contribution in [3.8, 4) is 0 Å². The highest BCUT2D eigenvalue weighted by Crippen LogP contribution is 2.17. The van der Waals surface area contributed by atoms with Gasteiger partial charge in [-0.05, 0) is 23.6 Å². The van der Waals surface area contributed by atoms with Gasteiger partial charge in [-0.15, -0.1) is 0 Å². The van der Waals surface area contributed by atoms with Gasteiger partial charge >= 0.3 is 0 Å². The highest BCUT2D eigenvalue weighted by Gasteiger charge is 2.24. The van der Waals surface area contributed by atoms with E-state index in [0.29, 0.717) is 18.0 Å². The highest BCUT2D eigenvalue weighted by molar-refractivity contribution is 5.76. The summed E-state index contributed by atoms with van der Waals surface area (Å²) in [5, 5.41) is 13.0. The normalized spacial score (nSPS) is 18.4. The predicted octanol–water partition coefficient (Wildman–Crippen LogP) is 1.72. The van der Waals surface area contributed by atoms with Crippen LogP contribution in [0.3, 0.4) is 0 Å². The number of ether oxygens (including phenoxy) is 1. The van der Waals surface area contributed by atoms with Gasteiger partial charge in [0.1, 0.15) is 5.82 Å². The molecule has 2 atom stereocenters. The predicted molar refractivity (Wildman–Crippen MR) is 90.0 cm³/mol. The Morgan fingerprint density at radius 3 is 2.71 bits per heavy atom. The fourth-order valence-electron chi connectivity index (χ4n) is 2.99. The first-order valence-corrected chi connectivity index (χ1v) is 8.49. The zero-order valence-corrected chi connectivity index (χ0v) is 14.4. The van der Waals surface area contributed by atoms with Gasteiger partial charge in [-0.1, -0.05) is 26.0 Å². The van der Waals surface area contributed by atoms with Crippen molar-refractivity contribution < 1.29 is 19.0 Å². The molecule has 1 aromatic carbocycles. The van der Waals surface area contributed by atoms with Crippen molar-refractivity contribution in [1.82, 2.24) is 10.2 Å². The van der Waals surface area contributed by atoms with E-state index >= 15 is 0 Å². The average molecular weight is 338 g/mol. The van der Waals surface area contributed by atoms with E-state index in [0.717, 1.165) is 26.3 Å². The summed E-state index contributed by atoms with van der Waals surface area (Å²) in [6.07, 6.45) is -1.07. The van der Waals surface area contributed by atoms with E-state index in [1.54, 1.807) is 6.07 Å². The summed E-state index contributed by atoms with van der Waals surface area (Å²) in [7, 11) is 0. The Balaban J connectivity index is 1.84. The lowest BCUT2D eigenvalue weighted by Gasteiger charge is -2.37. The number of rotatable bonds is 7. The van der Waals surface area contributed by atoms with Gasteiger partial charge in [0, 0.05) is 25.7 Å². The molecule has 0 bridgehead atoms. The number of aliphatic hydroxyl groups excluding tert-OH is 1. The maximum Gasteiger partial charge on any atom is 0.223 e. The second-order valence-electron chi connectivity index (χ2n) is 6.54. The van der Waals surface area contributed by atoms with Crippen molar-refractivity contribution in [3.63, 3.8) is 0 Å². The van der Waals surface area contributed by atoms with Gasteiger partial charge in [0.2, 0.25) is 5.91 Å². The standard InChI is InChI=1S/C18H27FN2O3/c1-13(2)16(21-6-8-24-9-7-21)12-20-18(23)11-17(22)14-4-3-5-15(19)10-14/h3-5,10,13,16-17,22H,6-9,11-12H2,1-2H3,(H,20,23). The zero-order valence-electron chi connectivity index (χ0n) is 14.4. The molecule has 2 rings (SSSR count). The molecule has 2 N–H and O–H groups in total. The molecule has 6 heteroatoms. The summed E-state index contributed by atoms with van der Waals surface area (Å²) < 4.78 is 18.6. The SMILES string of the molecule is CC(C)C(CNC(=O)CC(O)c1cccc(F)c1)N1CCOCC1. The zero-order chi connectivity index (χ0) is 17.5. The number of morpholine rings is 1. The maximum atomic E-state index is 13.2. The Labute approximate surface area is 142 Å². The van der Waals surface area contributed by atoms with Crippen molar-refractivity contribution in [2.24, 2.45) is 5.92 Å². The summed E-state index contributed by atoms with van der Waals surface area (Å²) in [4.78, 5) is 14.4. The molecule has 1 amide bonds. The van der Waals surface area contributed by atoms with Crippen LogP contribution in [0.2, 0.25) is 0 Å². The number of amides is 1. The van der Waals surface area contributed by atoms with E-state index in [-0.39, 0.29) is 18.4 Å². The molecule has 0 aliphatic carbocycles.